The molecule has 0 aliphatic heterocycles. The summed E-state index contributed by atoms with van der Waals surface area (Å²) in [7, 11) is 0. The van der Waals surface area contributed by atoms with Crippen molar-refractivity contribution in [3.8, 4) is 6.07 Å². The fourth-order valence-electron chi connectivity index (χ4n) is 1.45. The maximum Gasteiger partial charge on any atom is 0.267 e. The van der Waals surface area contributed by atoms with E-state index in [9.17, 15) is 4.79 Å². The van der Waals surface area contributed by atoms with Gasteiger partial charge in [-0.15, -0.1) is 0 Å². The van der Waals surface area contributed by atoms with Gasteiger partial charge in [0.25, 0.3) is 5.91 Å². The van der Waals surface area contributed by atoms with Gasteiger partial charge in [-0.05, 0) is 24.5 Å². The third-order valence-corrected chi connectivity index (χ3v) is 2.53. The molecule has 4 nitrogen and oxygen atoms in total. The van der Waals surface area contributed by atoms with E-state index < -0.39 is 5.91 Å². The van der Waals surface area contributed by atoms with Crippen molar-refractivity contribution in [2.45, 2.75) is 20.8 Å². The first-order valence-electron chi connectivity index (χ1n) is 6.25. The van der Waals surface area contributed by atoms with Gasteiger partial charge in [0.15, 0.2) is 0 Å². The number of hydrogen-bond donors (Lipinski definition) is 2. The molecule has 100 valence electrons. The first-order valence-corrected chi connectivity index (χ1v) is 6.25. The average Bonchev–Trinajstić information content (AvgIpc) is 2.37. The maximum absolute atomic E-state index is 11.9. The van der Waals surface area contributed by atoms with E-state index in [1.807, 2.05) is 37.3 Å². The largest absolute Gasteiger partial charge is 0.389 e. The van der Waals surface area contributed by atoms with E-state index in [0.29, 0.717) is 5.92 Å². The lowest BCUT2D eigenvalue weighted by Crippen LogP contribution is -2.19. The van der Waals surface area contributed by atoms with Gasteiger partial charge in [-0.2, -0.15) is 5.26 Å². The molecule has 0 saturated carbocycles. The highest BCUT2D eigenvalue weighted by atomic mass is 16.1. The number of nitrogens with one attached hydrogen (secondary N) is 2. The van der Waals surface area contributed by atoms with E-state index in [0.717, 1.165) is 17.8 Å². The van der Waals surface area contributed by atoms with Crippen molar-refractivity contribution in [2.75, 3.05) is 11.9 Å². The Morgan fingerprint density at radius 1 is 1.42 bits per heavy atom. The summed E-state index contributed by atoms with van der Waals surface area (Å²) >= 11 is 0. The molecule has 1 amide bonds. The molecule has 0 radical (unpaired) electrons. The number of hydrogen-bond acceptors (Lipinski definition) is 3. The van der Waals surface area contributed by atoms with Gasteiger partial charge in [-0.1, -0.05) is 32.0 Å². The van der Waals surface area contributed by atoms with Crippen molar-refractivity contribution >= 4 is 11.6 Å². The zero-order valence-electron chi connectivity index (χ0n) is 11.5. The predicted molar refractivity (Wildman–Crippen MR) is 76.3 cm³/mol. The van der Waals surface area contributed by atoms with Crippen LogP contribution in [-0.4, -0.2) is 12.5 Å². The number of carbonyl (C=O) groups excluding carboxylic acids is 1. The molecule has 0 spiro atoms. The van der Waals surface area contributed by atoms with E-state index >= 15 is 0 Å². The molecule has 4 heteroatoms. The van der Waals surface area contributed by atoms with Crippen LogP contribution in [0.3, 0.4) is 0 Å². The Labute approximate surface area is 114 Å². The summed E-state index contributed by atoms with van der Waals surface area (Å²) < 4.78 is 0. The van der Waals surface area contributed by atoms with E-state index in [1.165, 1.54) is 6.20 Å². The fraction of sp³-hybridized carbons (Fsp3) is 0.333. The fourth-order valence-corrected chi connectivity index (χ4v) is 1.45. The minimum absolute atomic E-state index is 0.0731. The zero-order chi connectivity index (χ0) is 14.3. The van der Waals surface area contributed by atoms with Crippen LogP contribution in [0.5, 0.6) is 0 Å². The second-order valence-corrected chi connectivity index (χ2v) is 4.74. The van der Waals surface area contributed by atoms with Crippen LogP contribution in [0, 0.1) is 24.2 Å². The summed E-state index contributed by atoms with van der Waals surface area (Å²) in [4.78, 5) is 11.9. The van der Waals surface area contributed by atoms with Crippen molar-refractivity contribution in [1.82, 2.24) is 5.32 Å². The molecule has 0 atom stereocenters. The van der Waals surface area contributed by atoms with Crippen LogP contribution in [0.15, 0.2) is 36.0 Å². The second-order valence-electron chi connectivity index (χ2n) is 4.74. The van der Waals surface area contributed by atoms with Crippen LogP contribution < -0.4 is 10.6 Å². The number of benzene rings is 1. The van der Waals surface area contributed by atoms with E-state index in [-0.39, 0.29) is 5.57 Å². The molecule has 1 rings (SSSR count). The molecule has 0 aliphatic rings. The molecule has 0 bridgehead atoms. The molecule has 0 unspecified atom stereocenters. The van der Waals surface area contributed by atoms with Crippen molar-refractivity contribution < 1.29 is 4.79 Å². The summed E-state index contributed by atoms with van der Waals surface area (Å²) in [5.74, 6) is 0.0590. The third kappa shape index (κ3) is 4.84. The van der Waals surface area contributed by atoms with E-state index in [2.05, 4.69) is 24.5 Å². The highest BCUT2D eigenvalue weighted by molar-refractivity contribution is 6.06. The lowest BCUT2D eigenvalue weighted by molar-refractivity contribution is -0.112. The van der Waals surface area contributed by atoms with Gasteiger partial charge in [0.1, 0.15) is 11.6 Å². The number of carbonyl (C=O) groups is 1. The highest BCUT2D eigenvalue weighted by Crippen LogP contribution is 2.13. The van der Waals surface area contributed by atoms with Gasteiger partial charge in [-0.3, -0.25) is 4.79 Å². The molecule has 0 aliphatic carbocycles. The van der Waals surface area contributed by atoms with Crippen molar-refractivity contribution in [3.05, 3.63) is 41.6 Å². The highest BCUT2D eigenvalue weighted by Gasteiger charge is 2.10. The minimum Gasteiger partial charge on any atom is -0.389 e. The number of aryl methyl sites for hydroxylation is 1. The van der Waals surface area contributed by atoms with E-state index in [4.69, 9.17) is 5.26 Å². The Hall–Kier alpha value is -2.28. The Balaban J connectivity index is 2.70. The Kier molecular flexibility index (Phi) is 5.62. The van der Waals surface area contributed by atoms with Crippen LogP contribution in [0.4, 0.5) is 5.69 Å². The molecular weight excluding hydrogens is 238 g/mol. The van der Waals surface area contributed by atoms with Gasteiger partial charge in [0.2, 0.25) is 0 Å². The third-order valence-electron chi connectivity index (χ3n) is 2.53. The lowest BCUT2D eigenvalue weighted by Gasteiger charge is -2.08. The standard InChI is InChI=1S/C15H19N3O/c1-11(2)9-17-10-13(8-16)15(19)18-14-7-5-4-6-12(14)3/h4-7,10-11,17H,9H2,1-3H3,(H,18,19)/b13-10-. The smallest absolute Gasteiger partial charge is 0.267 e. The SMILES string of the molecule is Cc1ccccc1NC(=O)/C(C#N)=C\NCC(C)C. The van der Waals surface area contributed by atoms with Crippen molar-refractivity contribution in [3.63, 3.8) is 0 Å². The first-order chi connectivity index (χ1) is 9.04. The van der Waals surface area contributed by atoms with Gasteiger partial charge >= 0.3 is 0 Å². The Morgan fingerprint density at radius 3 is 2.68 bits per heavy atom. The number of para-hydroxylation sites is 1. The quantitative estimate of drug-likeness (QED) is 0.629. The Bertz CT molecular complexity index is 512. The molecular formula is C15H19N3O. The number of nitrogens with zero attached hydrogens (tertiary/aromatic N) is 1. The monoisotopic (exact) mass is 257 g/mol. The molecule has 0 heterocycles. The zero-order valence-corrected chi connectivity index (χ0v) is 11.5. The predicted octanol–water partition coefficient (Wildman–Crippen LogP) is 2.59. The second kappa shape index (κ2) is 7.22. The number of anilines is 1. The topological polar surface area (TPSA) is 64.9 Å². The van der Waals surface area contributed by atoms with Crippen LogP contribution in [0.2, 0.25) is 0 Å². The maximum atomic E-state index is 11.9. The van der Waals surface area contributed by atoms with Gasteiger partial charge in [0, 0.05) is 18.4 Å². The molecule has 1 aromatic carbocycles. The van der Waals surface area contributed by atoms with Crippen LogP contribution in [-0.2, 0) is 4.79 Å². The van der Waals surface area contributed by atoms with Gasteiger partial charge in [-0.25, -0.2) is 0 Å². The van der Waals surface area contributed by atoms with E-state index in [1.54, 1.807) is 0 Å². The molecule has 2 N–H and O–H groups in total. The summed E-state index contributed by atoms with van der Waals surface area (Å²) in [5, 5.41) is 14.7. The molecule has 19 heavy (non-hydrogen) atoms. The van der Waals surface area contributed by atoms with Crippen LogP contribution >= 0.6 is 0 Å². The normalized spacial score (nSPS) is 11.0. The Morgan fingerprint density at radius 2 is 2.11 bits per heavy atom. The summed E-state index contributed by atoms with van der Waals surface area (Å²) in [6.07, 6.45) is 1.47. The number of amides is 1. The van der Waals surface area contributed by atoms with Crippen LogP contribution in [0.25, 0.3) is 0 Å². The number of nitriles is 1. The molecule has 0 fully saturated rings. The van der Waals surface area contributed by atoms with Crippen molar-refractivity contribution in [2.24, 2.45) is 5.92 Å². The van der Waals surface area contributed by atoms with Crippen LogP contribution in [0.1, 0.15) is 19.4 Å². The van der Waals surface area contributed by atoms with Crippen molar-refractivity contribution in [1.29, 1.82) is 5.26 Å². The summed E-state index contributed by atoms with van der Waals surface area (Å²) in [5.41, 5.74) is 1.75. The summed E-state index contributed by atoms with van der Waals surface area (Å²) in [6.45, 7) is 6.74. The molecule has 0 saturated heterocycles. The number of rotatable bonds is 5. The lowest BCUT2D eigenvalue weighted by atomic mass is 10.2. The van der Waals surface area contributed by atoms with Gasteiger partial charge in [0.05, 0.1) is 0 Å². The molecule has 0 aromatic heterocycles. The summed E-state index contributed by atoms with van der Waals surface area (Å²) in [6, 6.07) is 9.36. The minimum atomic E-state index is -0.395. The van der Waals surface area contributed by atoms with Gasteiger partial charge < -0.3 is 10.6 Å². The first kappa shape index (κ1) is 14.8. The average molecular weight is 257 g/mol. The molecule has 1 aromatic rings.